The van der Waals surface area contributed by atoms with Crippen molar-refractivity contribution in [2.45, 2.75) is 17.3 Å². The number of aromatic nitrogens is 3. The number of halogens is 1. The summed E-state index contributed by atoms with van der Waals surface area (Å²) in [6, 6.07) is 17.3. The molecule has 2 aromatic carbocycles. The summed E-state index contributed by atoms with van der Waals surface area (Å²) in [5, 5.41) is 18.7. The number of benzene rings is 2. The van der Waals surface area contributed by atoms with Gasteiger partial charge in [0.25, 0.3) is 0 Å². The summed E-state index contributed by atoms with van der Waals surface area (Å²) in [6.45, 7) is 1.83. The summed E-state index contributed by atoms with van der Waals surface area (Å²) in [5.74, 6) is 1.39. The second-order valence-corrected chi connectivity index (χ2v) is 6.92. The summed E-state index contributed by atoms with van der Waals surface area (Å²) >= 11 is 7.70. The van der Waals surface area contributed by atoms with Gasteiger partial charge in [0.15, 0.2) is 11.0 Å². The van der Waals surface area contributed by atoms with Crippen molar-refractivity contribution in [3.8, 4) is 28.9 Å². The first-order valence-corrected chi connectivity index (χ1v) is 8.81. The quantitative estimate of drug-likeness (QED) is 0.614. The fourth-order valence-corrected chi connectivity index (χ4v) is 3.29. The van der Waals surface area contributed by atoms with Gasteiger partial charge in [-0.1, -0.05) is 35.5 Å². The van der Waals surface area contributed by atoms with Gasteiger partial charge >= 0.3 is 0 Å². The minimum atomic E-state index is -0.250. The Morgan fingerprint density at radius 3 is 2.52 bits per heavy atom. The molecule has 0 bridgehead atoms. The molecule has 0 unspecified atom stereocenters. The second kappa shape index (κ2) is 7.60. The topological polar surface area (TPSA) is 63.7 Å². The number of nitriles is 1. The molecule has 0 spiro atoms. The monoisotopic (exact) mass is 370 g/mol. The first-order valence-electron chi connectivity index (χ1n) is 7.55. The van der Waals surface area contributed by atoms with Crippen LogP contribution >= 0.6 is 23.4 Å². The van der Waals surface area contributed by atoms with Crippen LogP contribution in [0.4, 0.5) is 0 Å². The largest absolute Gasteiger partial charge is 0.497 e. The zero-order valence-corrected chi connectivity index (χ0v) is 15.3. The van der Waals surface area contributed by atoms with Crippen molar-refractivity contribution in [3.63, 3.8) is 0 Å². The molecule has 0 radical (unpaired) electrons. The predicted octanol–water partition coefficient (Wildman–Crippen LogP) is 4.60. The molecule has 1 aromatic heterocycles. The van der Waals surface area contributed by atoms with Crippen molar-refractivity contribution < 1.29 is 4.74 Å². The number of rotatable bonds is 5. The number of ether oxygens (including phenoxy) is 1. The molecule has 0 fully saturated rings. The van der Waals surface area contributed by atoms with Crippen LogP contribution in [0, 0.1) is 11.3 Å². The summed E-state index contributed by atoms with van der Waals surface area (Å²) in [7, 11) is 1.62. The Bertz CT molecular complexity index is 918. The lowest BCUT2D eigenvalue weighted by atomic mass is 10.2. The second-order valence-electron chi connectivity index (χ2n) is 5.21. The molecule has 0 saturated heterocycles. The molecule has 25 heavy (non-hydrogen) atoms. The Kier molecular flexibility index (Phi) is 5.27. The standard InChI is InChI=1S/C18H15ClN4OS/c1-12(11-20)25-18-22-21-17(15-5-3-4-6-16(15)19)23(18)13-7-9-14(24-2)10-8-13/h3-10,12H,1-2H3/t12-/m0/s1. The van der Waals surface area contributed by atoms with Crippen molar-refractivity contribution in [1.82, 2.24) is 14.8 Å². The fourth-order valence-electron chi connectivity index (χ4n) is 2.31. The molecule has 1 heterocycles. The average molecular weight is 371 g/mol. The molecule has 3 rings (SSSR count). The number of thioether (sulfide) groups is 1. The van der Waals surface area contributed by atoms with E-state index in [9.17, 15) is 0 Å². The highest BCUT2D eigenvalue weighted by molar-refractivity contribution is 8.00. The molecular weight excluding hydrogens is 356 g/mol. The third-order valence-electron chi connectivity index (χ3n) is 3.54. The van der Waals surface area contributed by atoms with E-state index in [4.69, 9.17) is 21.6 Å². The highest BCUT2D eigenvalue weighted by Gasteiger charge is 2.19. The smallest absolute Gasteiger partial charge is 0.197 e. The first-order chi connectivity index (χ1) is 12.1. The minimum Gasteiger partial charge on any atom is -0.497 e. The molecule has 5 nitrogen and oxygen atoms in total. The van der Waals surface area contributed by atoms with Crippen molar-refractivity contribution in [1.29, 1.82) is 5.26 Å². The van der Waals surface area contributed by atoms with E-state index in [-0.39, 0.29) is 5.25 Å². The van der Waals surface area contributed by atoms with Gasteiger partial charge in [-0.15, -0.1) is 10.2 Å². The van der Waals surface area contributed by atoms with Crippen molar-refractivity contribution >= 4 is 23.4 Å². The van der Waals surface area contributed by atoms with Gasteiger partial charge in [-0.25, -0.2) is 0 Å². The molecule has 0 aliphatic rings. The molecule has 1 atom stereocenters. The highest BCUT2D eigenvalue weighted by atomic mass is 35.5. The SMILES string of the molecule is COc1ccc(-n2c(S[C@@H](C)C#N)nnc2-c2ccccc2Cl)cc1. The Morgan fingerprint density at radius 1 is 1.16 bits per heavy atom. The van der Waals surface area contributed by atoms with Crippen molar-refractivity contribution in [2.75, 3.05) is 7.11 Å². The molecule has 126 valence electrons. The van der Waals surface area contributed by atoms with E-state index in [1.807, 2.05) is 60.0 Å². The van der Waals surface area contributed by atoms with Gasteiger partial charge in [0, 0.05) is 11.3 Å². The van der Waals surface area contributed by atoms with E-state index in [1.54, 1.807) is 7.11 Å². The van der Waals surface area contributed by atoms with Crippen LogP contribution in [0.25, 0.3) is 17.1 Å². The Balaban J connectivity index is 2.16. The van der Waals surface area contributed by atoms with Crippen LogP contribution < -0.4 is 4.74 Å². The number of methoxy groups -OCH3 is 1. The highest BCUT2D eigenvalue weighted by Crippen LogP contribution is 2.33. The zero-order valence-electron chi connectivity index (χ0n) is 13.7. The number of hydrogen-bond acceptors (Lipinski definition) is 5. The van der Waals surface area contributed by atoms with Crippen LogP contribution in [0.2, 0.25) is 5.02 Å². The van der Waals surface area contributed by atoms with Gasteiger partial charge in [-0.2, -0.15) is 5.26 Å². The van der Waals surface area contributed by atoms with Crippen LogP contribution in [0.5, 0.6) is 5.75 Å². The maximum Gasteiger partial charge on any atom is 0.197 e. The lowest BCUT2D eigenvalue weighted by Crippen LogP contribution is -2.02. The summed E-state index contributed by atoms with van der Waals surface area (Å²) < 4.78 is 7.12. The van der Waals surface area contributed by atoms with Crippen LogP contribution in [0.1, 0.15) is 6.92 Å². The molecule has 0 aliphatic heterocycles. The van der Waals surface area contributed by atoms with Gasteiger partial charge in [-0.3, -0.25) is 4.57 Å². The molecule has 7 heteroatoms. The molecule has 0 saturated carbocycles. The third kappa shape index (κ3) is 3.63. The average Bonchev–Trinajstić information content (AvgIpc) is 3.05. The first kappa shape index (κ1) is 17.3. The van der Waals surface area contributed by atoms with E-state index < -0.39 is 0 Å². The fraction of sp³-hybridized carbons (Fsp3) is 0.167. The third-order valence-corrected chi connectivity index (χ3v) is 4.81. The van der Waals surface area contributed by atoms with E-state index in [0.717, 1.165) is 17.0 Å². The molecule has 0 N–H and O–H groups in total. The van der Waals surface area contributed by atoms with Crippen molar-refractivity contribution in [2.24, 2.45) is 0 Å². The molecule has 0 amide bonds. The summed E-state index contributed by atoms with van der Waals surface area (Å²) in [6.07, 6.45) is 0. The molecule has 3 aromatic rings. The van der Waals surface area contributed by atoms with Gasteiger partial charge in [0.05, 0.1) is 23.5 Å². The summed E-state index contributed by atoms with van der Waals surface area (Å²) in [5.41, 5.74) is 1.65. The molecule has 0 aliphatic carbocycles. The van der Waals surface area contributed by atoms with E-state index in [1.165, 1.54) is 11.8 Å². The Morgan fingerprint density at radius 2 is 1.88 bits per heavy atom. The summed E-state index contributed by atoms with van der Waals surface area (Å²) in [4.78, 5) is 0. The van der Waals surface area contributed by atoms with Gasteiger partial charge in [-0.05, 0) is 43.3 Å². The van der Waals surface area contributed by atoms with E-state index >= 15 is 0 Å². The molecular formula is C18H15ClN4OS. The predicted molar refractivity (Wildman–Crippen MR) is 99.3 cm³/mol. The maximum atomic E-state index is 9.13. The van der Waals surface area contributed by atoms with Crippen LogP contribution in [-0.4, -0.2) is 27.1 Å². The van der Waals surface area contributed by atoms with Gasteiger partial charge < -0.3 is 4.74 Å². The zero-order chi connectivity index (χ0) is 17.8. The van der Waals surface area contributed by atoms with Crippen LogP contribution in [0.15, 0.2) is 53.7 Å². The Hall–Kier alpha value is -2.49. The maximum absolute atomic E-state index is 9.13. The normalized spacial score (nSPS) is 11.8. The van der Waals surface area contributed by atoms with Crippen LogP contribution in [-0.2, 0) is 0 Å². The van der Waals surface area contributed by atoms with E-state index in [2.05, 4.69) is 16.3 Å². The minimum absolute atomic E-state index is 0.250. The Labute approximate surface area is 155 Å². The van der Waals surface area contributed by atoms with Crippen LogP contribution in [0.3, 0.4) is 0 Å². The number of hydrogen-bond donors (Lipinski definition) is 0. The van der Waals surface area contributed by atoms with Crippen molar-refractivity contribution in [3.05, 3.63) is 53.6 Å². The lowest BCUT2D eigenvalue weighted by Gasteiger charge is -2.12. The van der Waals surface area contributed by atoms with E-state index in [0.29, 0.717) is 16.0 Å². The van der Waals surface area contributed by atoms with Gasteiger partial charge in [0.2, 0.25) is 0 Å². The number of nitrogens with zero attached hydrogens (tertiary/aromatic N) is 4. The lowest BCUT2D eigenvalue weighted by molar-refractivity contribution is 0.414. The van der Waals surface area contributed by atoms with Gasteiger partial charge in [0.1, 0.15) is 5.75 Å².